The van der Waals surface area contributed by atoms with Gasteiger partial charge in [0.15, 0.2) is 6.61 Å². The van der Waals surface area contributed by atoms with E-state index >= 15 is 0 Å². The number of ether oxygens (including phenoxy) is 2. The number of rotatable bonds is 6. The van der Waals surface area contributed by atoms with Gasteiger partial charge in [0.05, 0.1) is 6.10 Å². The van der Waals surface area contributed by atoms with Crippen molar-refractivity contribution in [2.75, 3.05) is 11.9 Å². The van der Waals surface area contributed by atoms with Gasteiger partial charge in [0.2, 0.25) is 0 Å². The molecule has 0 aliphatic carbocycles. The molecule has 0 saturated heterocycles. The summed E-state index contributed by atoms with van der Waals surface area (Å²) in [7, 11) is 0. The van der Waals surface area contributed by atoms with E-state index in [1.165, 1.54) is 0 Å². The summed E-state index contributed by atoms with van der Waals surface area (Å²) in [5, 5.41) is 2.78. The minimum Gasteiger partial charge on any atom is -0.491 e. The van der Waals surface area contributed by atoms with Crippen LogP contribution in [0.4, 0.5) is 5.69 Å². The summed E-state index contributed by atoms with van der Waals surface area (Å²) in [4.78, 5) is 11.8. The molecular weight excluding hydrogens is 278 g/mol. The van der Waals surface area contributed by atoms with Crippen molar-refractivity contribution in [2.24, 2.45) is 0 Å². The van der Waals surface area contributed by atoms with Gasteiger partial charge in [-0.1, -0.05) is 17.7 Å². The van der Waals surface area contributed by atoms with E-state index in [9.17, 15) is 4.79 Å². The first-order chi connectivity index (χ1) is 10.5. The lowest BCUT2D eigenvalue weighted by atomic mass is 10.2. The van der Waals surface area contributed by atoms with Crippen LogP contribution in [-0.4, -0.2) is 18.6 Å². The van der Waals surface area contributed by atoms with Crippen LogP contribution in [0.25, 0.3) is 0 Å². The van der Waals surface area contributed by atoms with E-state index in [0.29, 0.717) is 11.4 Å². The normalized spacial score (nSPS) is 10.4. The molecule has 4 nitrogen and oxygen atoms in total. The van der Waals surface area contributed by atoms with Crippen molar-refractivity contribution in [1.29, 1.82) is 0 Å². The Labute approximate surface area is 131 Å². The lowest BCUT2D eigenvalue weighted by Crippen LogP contribution is -2.20. The number of carbonyl (C=O) groups excluding carboxylic acids is 1. The highest BCUT2D eigenvalue weighted by Crippen LogP contribution is 2.17. The Morgan fingerprint density at radius 2 is 1.59 bits per heavy atom. The average Bonchev–Trinajstić information content (AvgIpc) is 2.48. The number of amides is 1. The maximum atomic E-state index is 11.8. The van der Waals surface area contributed by atoms with Crippen LogP contribution < -0.4 is 14.8 Å². The Balaban J connectivity index is 1.82. The van der Waals surface area contributed by atoms with Gasteiger partial charge >= 0.3 is 0 Å². The zero-order valence-corrected chi connectivity index (χ0v) is 13.1. The molecule has 1 amide bonds. The second kappa shape index (κ2) is 7.50. The second-order valence-corrected chi connectivity index (χ2v) is 5.34. The molecule has 2 aromatic rings. The molecular formula is C18H21NO3. The quantitative estimate of drug-likeness (QED) is 0.882. The van der Waals surface area contributed by atoms with Crippen LogP contribution in [0.5, 0.6) is 11.5 Å². The monoisotopic (exact) mass is 299 g/mol. The number of aryl methyl sites for hydroxylation is 1. The standard InChI is InChI=1S/C18H21NO3/c1-13(2)22-17-10-6-15(7-11-17)19-18(20)12-21-16-8-4-14(3)5-9-16/h4-11,13H,12H2,1-3H3,(H,19,20). The number of nitrogens with one attached hydrogen (secondary N) is 1. The van der Waals surface area contributed by atoms with Crippen molar-refractivity contribution in [3.05, 3.63) is 54.1 Å². The first-order valence-corrected chi connectivity index (χ1v) is 7.29. The summed E-state index contributed by atoms with van der Waals surface area (Å²) in [6.07, 6.45) is 0.128. The predicted octanol–water partition coefficient (Wildman–Crippen LogP) is 3.80. The van der Waals surface area contributed by atoms with E-state index < -0.39 is 0 Å². The van der Waals surface area contributed by atoms with Gasteiger partial charge in [0.1, 0.15) is 11.5 Å². The molecule has 0 heterocycles. The van der Waals surface area contributed by atoms with E-state index in [1.54, 1.807) is 0 Å². The van der Waals surface area contributed by atoms with E-state index in [4.69, 9.17) is 9.47 Å². The second-order valence-electron chi connectivity index (χ2n) is 5.34. The average molecular weight is 299 g/mol. The van der Waals surface area contributed by atoms with Crippen molar-refractivity contribution in [3.63, 3.8) is 0 Å². The van der Waals surface area contributed by atoms with Gasteiger partial charge in [-0.25, -0.2) is 0 Å². The Hall–Kier alpha value is -2.49. The largest absolute Gasteiger partial charge is 0.491 e. The van der Waals surface area contributed by atoms with Crippen molar-refractivity contribution < 1.29 is 14.3 Å². The van der Waals surface area contributed by atoms with E-state index in [-0.39, 0.29) is 18.6 Å². The molecule has 0 radical (unpaired) electrons. The molecule has 0 spiro atoms. The third-order valence-corrected chi connectivity index (χ3v) is 2.90. The summed E-state index contributed by atoms with van der Waals surface area (Å²) < 4.78 is 11.0. The third-order valence-electron chi connectivity index (χ3n) is 2.90. The molecule has 0 aliphatic heterocycles. The molecule has 0 aliphatic rings. The van der Waals surface area contributed by atoms with Crippen LogP contribution in [0, 0.1) is 6.92 Å². The van der Waals surface area contributed by atoms with Gasteiger partial charge in [-0.3, -0.25) is 4.79 Å². The summed E-state index contributed by atoms with van der Waals surface area (Å²) in [5.74, 6) is 1.27. The smallest absolute Gasteiger partial charge is 0.262 e. The van der Waals surface area contributed by atoms with Crippen LogP contribution in [0.1, 0.15) is 19.4 Å². The van der Waals surface area contributed by atoms with Gasteiger partial charge in [-0.2, -0.15) is 0 Å². The lowest BCUT2D eigenvalue weighted by molar-refractivity contribution is -0.118. The SMILES string of the molecule is Cc1ccc(OCC(=O)Nc2ccc(OC(C)C)cc2)cc1. The van der Waals surface area contributed by atoms with E-state index in [1.807, 2.05) is 69.3 Å². The van der Waals surface area contributed by atoms with Crippen molar-refractivity contribution in [2.45, 2.75) is 26.9 Å². The Morgan fingerprint density at radius 3 is 2.18 bits per heavy atom. The van der Waals surface area contributed by atoms with E-state index in [2.05, 4.69) is 5.32 Å². The zero-order chi connectivity index (χ0) is 15.9. The fraction of sp³-hybridized carbons (Fsp3) is 0.278. The molecule has 0 saturated carbocycles. The number of hydrogen-bond acceptors (Lipinski definition) is 3. The Morgan fingerprint density at radius 1 is 1.00 bits per heavy atom. The summed E-state index contributed by atoms with van der Waals surface area (Å²) >= 11 is 0. The van der Waals surface area contributed by atoms with Crippen LogP contribution in [0.3, 0.4) is 0 Å². The van der Waals surface area contributed by atoms with Crippen LogP contribution in [-0.2, 0) is 4.79 Å². The Bertz CT molecular complexity index is 603. The van der Waals surface area contributed by atoms with Gasteiger partial charge in [0.25, 0.3) is 5.91 Å². The van der Waals surface area contributed by atoms with Crippen LogP contribution in [0.2, 0.25) is 0 Å². The fourth-order valence-electron chi connectivity index (χ4n) is 1.87. The number of anilines is 1. The van der Waals surface area contributed by atoms with Crippen LogP contribution >= 0.6 is 0 Å². The number of hydrogen-bond donors (Lipinski definition) is 1. The van der Waals surface area contributed by atoms with Gasteiger partial charge in [-0.15, -0.1) is 0 Å². The number of benzene rings is 2. The first kappa shape index (κ1) is 15.9. The van der Waals surface area contributed by atoms with Gasteiger partial charge in [-0.05, 0) is 57.2 Å². The molecule has 0 fully saturated rings. The summed E-state index contributed by atoms with van der Waals surface area (Å²) in [5.41, 5.74) is 1.87. The molecule has 0 bridgehead atoms. The molecule has 2 rings (SSSR count). The van der Waals surface area contributed by atoms with Crippen molar-refractivity contribution >= 4 is 11.6 Å². The summed E-state index contributed by atoms with van der Waals surface area (Å²) in [6, 6.07) is 14.9. The molecule has 1 N–H and O–H groups in total. The maximum absolute atomic E-state index is 11.8. The highest BCUT2D eigenvalue weighted by atomic mass is 16.5. The van der Waals surface area contributed by atoms with Gasteiger partial charge < -0.3 is 14.8 Å². The van der Waals surface area contributed by atoms with Crippen molar-refractivity contribution in [1.82, 2.24) is 0 Å². The molecule has 0 atom stereocenters. The van der Waals surface area contributed by atoms with Crippen molar-refractivity contribution in [3.8, 4) is 11.5 Å². The Kier molecular flexibility index (Phi) is 5.42. The highest BCUT2D eigenvalue weighted by molar-refractivity contribution is 5.91. The van der Waals surface area contributed by atoms with Crippen LogP contribution in [0.15, 0.2) is 48.5 Å². The molecule has 2 aromatic carbocycles. The van der Waals surface area contributed by atoms with Gasteiger partial charge in [0, 0.05) is 5.69 Å². The van der Waals surface area contributed by atoms with E-state index in [0.717, 1.165) is 11.3 Å². The molecule has 4 heteroatoms. The third kappa shape index (κ3) is 5.13. The fourth-order valence-corrected chi connectivity index (χ4v) is 1.87. The summed E-state index contributed by atoms with van der Waals surface area (Å²) in [6.45, 7) is 5.92. The predicted molar refractivity (Wildman–Crippen MR) is 87.5 cm³/mol. The molecule has 0 unspecified atom stereocenters. The minimum atomic E-state index is -0.196. The molecule has 22 heavy (non-hydrogen) atoms. The lowest BCUT2D eigenvalue weighted by Gasteiger charge is -2.11. The highest BCUT2D eigenvalue weighted by Gasteiger charge is 2.04. The molecule has 116 valence electrons. The molecule has 0 aromatic heterocycles. The number of carbonyl (C=O) groups is 1. The first-order valence-electron chi connectivity index (χ1n) is 7.29. The zero-order valence-electron chi connectivity index (χ0n) is 13.1. The minimum absolute atomic E-state index is 0.0205. The topological polar surface area (TPSA) is 47.6 Å². The maximum Gasteiger partial charge on any atom is 0.262 e.